The van der Waals surface area contributed by atoms with Crippen LogP contribution in [-0.4, -0.2) is 0 Å². The van der Waals surface area contributed by atoms with Gasteiger partial charge in [0.15, 0.2) is 0 Å². The third kappa shape index (κ3) is 4.88. The van der Waals surface area contributed by atoms with Crippen molar-refractivity contribution in [3.63, 3.8) is 0 Å². The van der Waals surface area contributed by atoms with Gasteiger partial charge in [-0.3, -0.25) is 6.08 Å². The van der Waals surface area contributed by atoms with Gasteiger partial charge < -0.3 is 24.8 Å². The Bertz CT molecular complexity index is 666. The number of fused-ring (bicyclic) bond motifs is 3. The summed E-state index contributed by atoms with van der Waals surface area (Å²) in [5, 5.41) is 5.39. The third-order valence-electron chi connectivity index (χ3n) is 3.11. The van der Waals surface area contributed by atoms with Gasteiger partial charge in [-0.25, -0.2) is 12.2 Å². The molecule has 0 nitrogen and oxygen atoms in total. The zero-order valence-electron chi connectivity index (χ0n) is 11.4. The maximum absolute atomic E-state index is 2.99. The van der Waals surface area contributed by atoms with Crippen LogP contribution in [0, 0.1) is 6.08 Å². The predicted octanol–water partition coefficient (Wildman–Crippen LogP) is -0.977. The molecule has 0 saturated carbocycles. The molecular weight excluding hydrogens is 466 g/mol. The fraction of sp³-hybridized carbons (Fsp3) is 0.0556. The normalized spacial score (nSPS) is 11.0. The standard InChI is InChI=1S/C13H9.C5H5.2ClH.Hf/c1-3-7-12-10(5-1)9-11-6-2-4-8-13(11)12;1-2-4-5-3-1;;;/h1-9H;1-3H,4H2;2*1H;/q2*-1;;;+4/p-2. The smallest absolute Gasteiger partial charge is 1.00 e. The molecule has 104 valence electrons. The van der Waals surface area contributed by atoms with Crippen LogP contribution in [0.4, 0.5) is 0 Å². The number of allylic oxidation sites excluding steroid dienone is 4. The summed E-state index contributed by atoms with van der Waals surface area (Å²) in [6, 6.07) is 19.3. The van der Waals surface area contributed by atoms with Crippen LogP contribution in [0.5, 0.6) is 0 Å². The summed E-state index contributed by atoms with van der Waals surface area (Å²) in [6.45, 7) is 0. The second-order valence-corrected chi connectivity index (χ2v) is 4.32. The minimum atomic E-state index is 0. The first-order valence-corrected chi connectivity index (χ1v) is 6.20. The summed E-state index contributed by atoms with van der Waals surface area (Å²) in [4.78, 5) is 0. The number of halogens is 2. The van der Waals surface area contributed by atoms with E-state index in [1.54, 1.807) is 0 Å². The molecule has 0 atom stereocenters. The molecule has 3 aromatic rings. The summed E-state index contributed by atoms with van der Waals surface area (Å²) in [5.41, 5.74) is 0. The summed E-state index contributed by atoms with van der Waals surface area (Å²) in [7, 11) is 0. The van der Waals surface area contributed by atoms with Gasteiger partial charge in [0, 0.05) is 0 Å². The van der Waals surface area contributed by atoms with Gasteiger partial charge in [-0.2, -0.15) is 6.08 Å². The van der Waals surface area contributed by atoms with Crippen molar-refractivity contribution in [2.45, 2.75) is 6.42 Å². The molecule has 3 aromatic carbocycles. The zero-order chi connectivity index (χ0) is 12.2. The molecular formula is C18H14Cl2Hf. The van der Waals surface area contributed by atoms with Crippen molar-refractivity contribution in [1.29, 1.82) is 0 Å². The van der Waals surface area contributed by atoms with E-state index in [0.29, 0.717) is 0 Å². The largest absolute Gasteiger partial charge is 4.00 e. The number of hydrogen-bond acceptors (Lipinski definition) is 0. The van der Waals surface area contributed by atoms with E-state index in [2.05, 4.69) is 66.7 Å². The Kier molecular flexibility index (Phi) is 9.68. The maximum Gasteiger partial charge on any atom is 4.00 e. The Balaban J connectivity index is 0.000000437. The summed E-state index contributed by atoms with van der Waals surface area (Å²) in [6.07, 6.45) is 10.0. The van der Waals surface area contributed by atoms with Crippen LogP contribution in [0.3, 0.4) is 0 Å². The first-order chi connectivity index (χ1) is 8.95. The number of rotatable bonds is 0. The van der Waals surface area contributed by atoms with E-state index in [0.717, 1.165) is 6.42 Å². The molecule has 0 heterocycles. The molecule has 1 aliphatic carbocycles. The van der Waals surface area contributed by atoms with E-state index in [-0.39, 0.29) is 50.7 Å². The molecule has 4 rings (SSSR count). The first-order valence-electron chi connectivity index (χ1n) is 6.20. The van der Waals surface area contributed by atoms with Crippen molar-refractivity contribution in [1.82, 2.24) is 0 Å². The van der Waals surface area contributed by atoms with Gasteiger partial charge >= 0.3 is 25.8 Å². The SMILES string of the molecule is [C-]1=CC=CC1.[Cl-].[Cl-].[Hf+4].c1ccc2c(c1)[cH-]c1ccccc12. The monoisotopic (exact) mass is 480 g/mol. The van der Waals surface area contributed by atoms with Gasteiger partial charge in [0.1, 0.15) is 0 Å². The van der Waals surface area contributed by atoms with Gasteiger partial charge in [0.25, 0.3) is 0 Å². The minimum absolute atomic E-state index is 0. The Morgan fingerprint density at radius 2 is 1.33 bits per heavy atom. The molecule has 0 radical (unpaired) electrons. The Morgan fingerprint density at radius 3 is 1.71 bits per heavy atom. The van der Waals surface area contributed by atoms with Crippen LogP contribution in [0.2, 0.25) is 0 Å². The van der Waals surface area contributed by atoms with Gasteiger partial charge in [-0.05, 0) is 0 Å². The fourth-order valence-corrected chi connectivity index (χ4v) is 2.24. The fourth-order valence-electron chi connectivity index (χ4n) is 2.24. The molecule has 0 spiro atoms. The Morgan fingerprint density at radius 1 is 0.810 bits per heavy atom. The molecule has 0 saturated heterocycles. The second kappa shape index (κ2) is 10.0. The van der Waals surface area contributed by atoms with Crippen molar-refractivity contribution >= 4 is 21.5 Å². The molecule has 0 fully saturated rings. The topological polar surface area (TPSA) is 0 Å². The van der Waals surface area contributed by atoms with Crippen molar-refractivity contribution in [3.8, 4) is 0 Å². The van der Waals surface area contributed by atoms with Gasteiger partial charge in [0.2, 0.25) is 0 Å². The van der Waals surface area contributed by atoms with Gasteiger partial charge in [-0.1, -0.05) is 36.4 Å². The maximum atomic E-state index is 2.99. The van der Waals surface area contributed by atoms with Crippen LogP contribution in [0.25, 0.3) is 21.5 Å². The molecule has 21 heavy (non-hydrogen) atoms. The molecule has 1 aliphatic rings. The third-order valence-corrected chi connectivity index (χ3v) is 3.11. The summed E-state index contributed by atoms with van der Waals surface area (Å²) >= 11 is 0. The van der Waals surface area contributed by atoms with E-state index in [4.69, 9.17) is 0 Å². The van der Waals surface area contributed by atoms with Crippen molar-refractivity contribution in [3.05, 3.63) is 78.9 Å². The van der Waals surface area contributed by atoms with E-state index >= 15 is 0 Å². The van der Waals surface area contributed by atoms with Crippen LogP contribution in [0.15, 0.2) is 72.8 Å². The van der Waals surface area contributed by atoms with Crippen molar-refractivity contribution in [2.24, 2.45) is 0 Å². The molecule has 3 heteroatoms. The summed E-state index contributed by atoms with van der Waals surface area (Å²) < 4.78 is 0. The molecule has 0 aromatic heterocycles. The molecule has 0 N–H and O–H groups in total. The zero-order valence-corrected chi connectivity index (χ0v) is 16.5. The van der Waals surface area contributed by atoms with Gasteiger partial charge in [-0.15, -0.1) is 46.2 Å². The summed E-state index contributed by atoms with van der Waals surface area (Å²) in [5.74, 6) is 0. The van der Waals surface area contributed by atoms with E-state index in [9.17, 15) is 0 Å². The van der Waals surface area contributed by atoms with Crippen molar-refractivity contribution in [2.75, 3.05) is 0 Å². The number of benzene rings is 2. The Labute approximate surface area is 156 Å². The quantitative estimate of drug-likeness (QED) is 0.287. The van der Waals surface area contributed by atoms with E-state index < -0.39 is 0 Å². The van der Waals surface area contributed by atoms with Crippen molar-refractivity contribution < 1.29 is 50.7 Å². The van der Waals surface area contributed by atoms with E-state index in [1.807, 2.05) is 12.2 Å². The van der Waals surface area contributed by atoms with Gasteiger partial charge in [0.05, 0.1) is 0 Å². The van der Waals surface area contributed by atoms with Crippen LogP contribution in [-0.2, 0) is 25.8 Å². The minimum Gasteiger partial charge on any atom is -1.00 e. The predicted molar refractivity (Wildman–Crippen MR) is 78.6 cm³/mol. The first kappa shape index (κ1) is 20.2. The molecule has 0 aliphatic heterocycles. The molecule has 0 amide bonds. The van der Waals surface area contributed by atoms with E-state index in [1.165, 1.54) is 21.5 Å². The average molecular weight is 480 g/mol. The molecule has 0 unspecified atom stereocenters. The average Bonchev–Trinajstić information content (AvgIpc) is 3.10. The van der Waals surface area contributed by atoms with Crippen LogP contribution >= 0.6 is 0 Å². The number of hydrogen-bond donors (Lipinski definition) is 0. The van der Waals surface area contributed by atoms with Crippen LogP contribution < -0.4 is 24.8 Å². The second-order valence-electron chi connectivity index (χ2n) is 4.32. The van der Waals surface area contributed by atoms with Crippen LogP contribution in [0.1, 0.15) is 6.42 Å². The Hall–Kier alpha value is -0.760. The molecule has 0 bridgehead atoms.